The number of hydrogen-bond acceptors (Lipinski definition) is 14. The van der Waals surface area contributed by atoms with E-state index in [-0.39, 0.29) is 77.9 Å². The molecule has 18 nitrogen and oxygen atoms in total. The number of ether oxygens (including phenoxy) is 4. The minimum absolute atomic E-state index is 0.00836. The van der Waals surface area contributed by atoms with Gasteiger partial charge in [0.25, 0.3) is 5.91 Å². The van der Waals surface area contributed by atoms with Crippen LogP contribution in [0.25, 0.3) is 32.9 Å². The smallest absolute Gasteiger partial charge is 0.410 e. The third-order valence-electron chi connectivity index (χ3n) is 19.7. The average Bonchev–Trinajstić information content (AvgIpc) is 0.966. The summed E-state index contributed by atoms with van der Waals surface area (Å²) in [5, 5.41) is 4.06. The molecule has 2 atom stereocenters. The molecule has 0 spiro atoms. The Bertz CT molecular complexity index is 3580. The zero-order chi connectivity index (χ0) is 64.0. The maximum absolute atomic E-state index is 18.3. The highest BCUT2D eigenvalue weighted by molar-refractivity contribution is 6.90. The van der Waals surface area contributed by atoms with Gasteiger partial charge in [-0.2, -0.15) is 9.97 Å². The normalized spacial score (nSPS) is 20.1. The second-order valence-corrected chi connectivity index (χ2v) is 33.7. The third kappa shape index (κ3) is 13.6. The predicted molar refractivity (Wildman–Crippen MR) is 348 cm³/mol. The Morgan fingerprint density at radius 1 is 0.856 bits per heavy atom. The highest BCUT2D eigenvalue weighted by atomic mass is 35.5. The number of piperazine rings is 2. The number of likely N-dealkylation sites (tertiary alicyclic amines) is 1. The summed E-state index contributed by atoms with van der Waals surface area (Å²) >= 11 is 6.47. The summed E-state index contributed by atoms with van der Waals surface area (Å²) in [5.74, 6) is 3.12. The molecule has 1 aliphatic carbocycles. The van der Waals surface area contributed by atoms with Crippen LogP contribution in [0.5, 0.6) is 11.8 Å². The molecule has 2 bridgehead atoms. The Balaban J connectivity index is 0.804. The molecule has 5 aliphatic heterocycles. The number of halogens is 3. The number of methoxy groups -OCH3 is 1. The molecule has 1 N–H and O–H groups in total. The first-order valence-electron chi connectivity index (χ1n) is 32.3. The first kappa shape index (κ1) is 64.8. The summed E-state index contributed by atoms with van der Waals surface area (Å²) in [7, 11) is -0.838. The SMILES string of the molecule is COCOc1cc(-c2ncc3c(N4CC5CCC(C4)N5C(=O)OC(C)(C)C)nc(OCC4(CN5CCC(CCN6CCN(C(=O)c7ccc(Cl)c(N8CCC(=O)NC8=O)c7)CC6)CC5)CC4)nc3c2F)c2c(C#C[Si](C(C)C)(C(C)C)C(C)C)c(F)ccc2c1. The number of amides is 5. The van der Waals surface area contributed by atoms with Gasteiger partial charge in [-0.3, -0.25) is 34.6 Å². The summed E-state index contributed by atoms with van der Waals surface area (Å²) in [6.45, 7) is 26.7. The van der Waals surface area contributed by atoms with Gasteiger partial charge in [-0.1, -0.05) is 65.1 Å². The second-order valence-electron chi connectivity index (χ2n) is 27.7. The lowest BCUT2D eigenvalue weighted by Crippen LogP contribution is -2.57. The van der Waals surface area contributed by atoms with E-state index in [1.165, 1.54) is 18.1 Å². The predicted octanol–water partition coefficient (Wildman–Crippen LogP) is 12.1. The van der Waals surface area contributed by atoms with Crippen molar-refractivity contribution in [2.45, 2.75) is 148 Å². The van der Waals surface area contributed by atoms with Crippen LogP contribution < -0.4 is 24.6 Å². The monoisotopic (exact) mass is 1270 g/mol. The Labute approximate surface area is 533 Å². The number of fused-ring (bicyclic) bond motifs is 4. The van der Waals surface area contributed by atoms with Crippen molar-refractivity contribution in [2.75, 3.05) is 102 Å². The zero-order valence-corrected chi connectivity index (χ0v) is 55.6. The van der Waals surface area contributed by atoms with Crippen molar-refractivity contribution in [1.82, 2.24) is 39.9 Å². The number of imide groups is 1. The van der Waals surface area contributed by atoms with Crippen LogP contribution in [0.2, 0.25) is 21.6 Å². The third-order valence-corrected chi connectivity index (χ3v) is 26.3. The maximum Gasteiger partial charge on any atom is 0.410 e. The Morgan fingerprint density at radius 3 is 2.20 bits per heavy atom. The molecule has 482 valence electrons. The van der Waals surface area contributed by atoms with Crippen molar-refractivity contribution in [2.24, 2.45) is 11.3 Å². The van der Waals surface area contributed by atoms with E-state index in [2.05, 4.69) is 73.0 Å². The topological polar surface area (TPSA) is 175 Å². The number of pyridine rings is 1. The minimum atomic E-state index is -2.36. The number of aromatic nitrogens is 3. The summed E-state index contributed by atoms with van der Waals surface area (Å²) < 4.78 is 58.8. The van der Waals surface area contributed by atoms with Gasteiger partial charge in [0.05, 0.1) is 40.4 Å². The lowest BCUT2D eigenvalue weighted by atomic mass is 9.92. The van der Waals surface area contributed by atoms with E-state index in [1.807, 2.05) is 30.6 Å². The maximum atomic E-state index is 18.3. The highest BCUT2D eigenvalue weighted by Gasteiger charge is 2.48. The summed E-state index contributed by atoms with van der Waals surface area (Å²) in [4.78, 5) is 78.8. The first-order chi connectivity index (χ1) is 42.9. The molecule has 5 aromatic rings. The van der Waals surface area contributed by atoms with E-state index in [0.29, 0.717) is 105 Å². The number of piperidine rings is 1. The lowest BCUT2D eigenvalue weighted by molar-refractivity contribution is -0.120. The molecular formula is C68H87ClF2N10O8Si. The molecule has 3 aromatic carbocycles. The fraction of sp³-hybridized carbons (Fsp3) is 0.574. The minimum Gasteiger partial charge on any atom is -0.468 e. The summed E-state index contributed by atoms with van der Waals surface area (Å²) in [6, 6.07) is 10.7. The molecule has 5 saturated heterocycles. The van der Waals surface area contributed by atoms with E-state index >= 15 is 8.78 Å². The molecule has 2 unspecified atom stereocenters. The van der Waals surface area contributed by atoms with E-state index in [9.17, 15) is 19.2 Å². The number of nitrogens with zero attached hydrogens (tertiary/aromatic N) is 9. The van der Waals surface area contributed by atoms with E-state index < -0.39 is 31.3 Å². The Morgan fingerprint density at radius 2 is 1.56 bits per heavy atom. The number of anilines is 2. The van der Waals surface area contributed by atoms with Crippen molar-refractivity contribution in [1.29, 1.82) is 0 Å². The number of carbonyl (C=O) groups excluding carboxylic acids is 4. The molecule has 0 radical (unpaired) electrons. The van der Waals surface area contributed by atoms with Gasteiger partial charge in [0, 0.05) is 94.0 Å². The number of urea groups is 1. The van der Waals surface area contributed by atoms with Crippen LogP contribution in [0.15, 0.2) is 48.7 Å². The van der Waals surface area contributed by atoms with Crippen molar-refractivity contribution >= 4 is 76.8 Å². The molecule has 1 saturated carbocycles. The van der Waals surface area contributed by atoms with Crippen LogP contribution in [-0.4, -0.2) is 177 Å². The van der Waals surface area contributed by atoms with E-state index in [1.54, 1.807) is 42.6 Å². The molecular weight excluding hydrogens is 1190 g/mol. The largest absolute Gasteiger partial charge is 0.468 e. The van der Waals surface area contributed by atoms with Crippen LogP contribution in [0.3, 0.4) is 0 Å². The number of hydrogen-bond donors (Lipinski definition) is 1. The number of nitrogens with one attached hydrogen (secondary N) is 1. The van der Waals surface area contributed by atoms with Gasteiger partial charge < -0.3 is 33.6 Å². The molecule has 6 aliphatic rings. The van der Waals surface area contributed by atoms with Crippen molar-refractivity contribution in [3.63, 3.8) is 0 Å². The summed E-state index contributed by atoms with van der Waals surface area (Å²) in [5.41, 5.74) is 5.09. The fourth-order valence-electron chi connectivity index (χ4n) is 14.8. The van der Waals surface area contributed by atoms with Crippen LogP contribution in [-0.2, 0) is 14.3 Å². The molecule has 7 heterocycles. The van der Waals surface area contributed by atoms with Gasteiger partial charge in [0.15, 0.2) is 12.6 Å². The molecule has 2 aromatic heterocycles. The van der Waals surface area contributed by atoms with Crippen molar-refractivity contribution in [3.8, 4) is 34.5 Å². The number of rotatable bonds is 18. The van der Waals surface area contributed by atoms with Gasteiger partial charge in [0.1, 0.15) is 42.3 Å². The number of benzene rings is 3. The first-order valence-corrected chi connectivity index (χ1v) is 34.9. The van der Waals surface area contributed by atoms with Gasteiger partial charge >= 0.3 is 18.1 Å². The highest BCUT2D eigenvalue weighted by Crippen LogP contribution is 2.48. The molecule has 90 heavy (non-hydrogen) atoms. The van der Waals surface area contributed by atoms with Crippen molar-refractivity contribution < 1.29 is 46.9 Å². The fourth-order valence-corrected chi connectivity index (χ4v) is 20.2. The van der Waals surface area contributed by atoms with E-state index in [0.717, 1.165) is 84.2 Å². The number of carbonyl (C=O) groups is 4. The van der Waals surface area contributed by atoms with Gasteiger partial charge in [-0.05, 0) is 150 Å². The van der Waals surface area contributed by atoms with Crippen molar-refractivity contribution in [3.05, 3.63) is 76.4 Å². The Hall–Kier alpha value is -6.70. The van der Waals surface area contributed by atoms with Crippen LogP contribution in [0.4, 0.5) is 29.9 Å². The van der Waals surface area contributed by atoms with Gasteiger partial charge in [-0.25, -0.2) is 18.4 Å². The molecule has 6 fully saturated rings. The lowest BCUT2D eigenvalue weighted by Gasteiger charge is -2.42. The molecule has 22 heteroatoms. The van der Waals surface area contributed by atoms with E-state index in [4.69, 9.17) is 45.5 Å². The van der Waals surface area contributed by atoms with Crippen LogP contribution >= 0.6 is 11.6 Å². The zero-order valence-electron chi connectivity index (χ0n) is 53.9. The van der Waals surface area contributed by atoms with Crippen LogP contribution in [0, 0.1) is 34.4 Å². The summed E-state index contributed by atoms with van der Waals surface area (Å²) in [6.07, 6.45) is 8.17. The Kier molecular flexibility index (Phi) is 19.1. The van der Waals surface area contributed by atoms with Gasteiger partial charge in [0.2, 0.25) is 5.91 Å². The standard InChI is InChI=1S/C68H87ClF2N10O8Si/c1-42(2)90(43(3)4,44(5)6)32-21-51-55(70)16-12-46-33-50(88-41-86-10)35-52(58(46)51)60-59(71)61-53(36-72-60)62(79-37-48-13-14-49(38-79)81(48)66(85)89-67(7,8)9)75-64(74-61)87-40-68(22-23-68)39-77-25-18-45(19-26-77)17-24-76-28-30-78(31-29-76)63(83)47-11-15-54(69)56(34-47)80-27-20-57(82)73-65(80)84/h11-12,15-16,33-36,42-45,48-49H,13-14,17-20,22-31,37-41H2,1-10H3,(H,73,82,84). The second kappa shape index (κ2) is 26.5. The molecule has 11 rings (SSSR count). The van der Waals surface area contributed by atoms with Gasteiger partial charge in [-0.15, -0.1) is 5.54 Å². The van der Waals surface area contributed by atoms with Crippen LogP contribution in [0.1, 0.15) is 130 Å². The average molecular weight is 1270 g/mol. The molecule has 5 amide bonds. The quantitative estimate of drug-likeness (QED) is 0.0498.